The molecule has 0 radical (unpaired) electrons. The van der Waals surface area contributed by atoms with Gasteiger partial charge in [-0.2, -0.15) is 0 Å². The molecule has 0 spiro atoms. The average molecular weight is 377 g/mol. The summed E-state index contributed by atoms with van der Waals surface area (Å²) in [7, 11) is 3.25. The lowest BCUT2D eigenvalue weighted by molar-refractivity contribution is -0.142. The van der Waals surface area contributed by atoms with Crippen molar-refractivity contribution in [2.45, 2.75) is 44.3 Å². The largest absolute Gasteiger partial charge is 0.497 e. The Bertz CT molecular complexity index is 597. The third-order valence-corrected chi connectivity index (χ3v) is 5.88. The van der Waals surface area contributed by atoms with Gasteiger partial charge in [-0.1, -0.05) is 0 Å². The van der Waals surface area contributed by atoms with Crippen LogP contribution in [0.4, 0.5) is 0 Å². The van der Waals surface area contributed by atoms with Crippen molar-refractivity contribution in [1.29, 1.82) is 0 Å². The fraction of sp³-hybridized carbons (Fsp3) is 0.667. The molecule has 1 aromatic carbocycles. The van der Waals surface area contributed by atoms with Gasteiger partial charge in [-0.3, -0.25) is 4.79 Å². The van der Waals surface area contributed by atoms with Crippen molar-refractivity contribution in [3.63, 3.8) is 0 Å². The monoisotopic (exact) mass is 377 g/mol. The van der Waals surface area contributed by atoms with Crippen LogP contribution in [0, 0.1) is 11.8 Å². The number of hydrogen-bond acceptors (Lipinski definition) is 5. The molecule has 0 aromatic heterocycles. The molecule has 1 saturated heterocycles. The Hall–Kier alpha value is -1.79. The van der Waals surface area contributed by atoms with Crippen LogP contribution in [-0.2, 0) is 9.53 Å². The predicted octanol–water partition coefficient (Wildman–Crippen LogP) is 2.49. The van der Waals surface area contributed by atoms with Gasteiger partial charge < -0.3 is 24.2 Å². The SMILES string of the molecule is COc1ccc(OCC2CCN(C(=O)C3CCC(O)C(OC)C3)CC2)cc1. The normalized spacial score (nSPS) is 26.6. The van der Waals surface area contributed by atoms with Crippen molar-refractivity contribution in [1.82, 2.24) is 4.90 Å². The van der Waals surface area contributed by atoms with E-state index >= 15 is 0 Å². The quantitative estimate of drug-likeness (QED) is 0.825. The number of benzene rings is 1. The maximum absolute atomic E-state index is 12.8. The molecule has 3 unspecified atom stereocenters. The number of aliphatic hydroxyl groups excluding tert-OH is 1. The van der Waals surface area contributed by atoms with Crippen molar-refractivity contribution in [2.24, 2.45) is 11.8 Å². The number of carbonyl (C=O) groups is 1. The van der Waals surface area contributed by atoms with Gasteiger partial charge in [0.1, 0.15) is 11.5 Å². The third-order valence-electron chi connectivity index (χ3n) is 5.88. The molecule has 150 valence electrons. The first-order valence-electron chi connectivity index (χ1n) is 9.87. The fourth-order valence-corrected chi connectivity index (χ4v) is 4.06. The number of likely N-dealkylation sites (tertiary alicyclic amines) is 1. The third kappa shape index (κ3) is 5.14. The second-order valence-electron chi connectivity index (χ2n) is 7.61. The Kier molecular flexibility index (Phi) is 6.96. The maximum atomic E-state index is 12.8. The number of hydrogen-bond donors (Lipinski definition) is 1. The number of rotatable bonds is 6. The number of aliphatic hydroxyl groups is 1. The van der Waals surface area contributed by atoms with Crippen LogP contribution in [0.3, 0.4) is 0 Å². The van der Waals surface area contributed by atoms with E-state index in [9.17, 15) is 9.90 Å². The van der Waals surface area contributed by atoms with Crippen LogP contribution in [-0.4, -0.2) is 62.0 Å². The highest BCUT2D eigenvalue weighted by Crippen LogP contribution is 2.30. The first-order valence-corrected chi connectivity index (χ1v) is 9.87. The van der Waals surface area contributed by atoms with Crippen LogP contribution in [0.15, 0.2) is 24.3 Å². The summed E-state index contributed by atoms with van der Waals surface area (Å²) in [6.07, 6.45) is 3.27. The number of methoxy groups -OCH3 is 2. The first kappa shape index (κ1) is 20.0. The van der Waals surface area contributed by atoms with Crippen molar-refractivity contribution in [3.05, 3.63) is 24.3 Å². The van der Waals surface area contributed by atoms with E-state index in [-0.39, 0.29) is 17.9 Å². The Labute approximate surface area is 161 Å². The lowest BCUT2D eigenvalue weighted by atomic mass is 9.83. The van der Waals surface area contributed by atoms with Gasteiger partial charge >= 0.3 is 0 Å². The van der Waals surface area contributed by atoms with Gasteiger partial charge in [0.05, 0.1) is 25.9 Å². The van der Waals surface area contributed by atoms with Crippen LogP contribution in [0.25, 0.3) is 0 Å². The van der Waals surface area contributed by atoms with Crippen LogP contribution < -0.4 is 9.47 Å². The Morgan fingerprint density at radius 1 is 1.07 bits per heavy atom. The summed E-state index contributed by atoms with van der Waals surface area (Å²) in [5.74, 6) is 2.33. The van der Waals surface area contributed by atoms with Crippen molar-refractivity contribution in [2.75, 3.05) is 33.9 Å². The zero-order chi connectivity index (χ0) is 19.2. The highest BCUT2D eigenvalue weighted by molar-refractivity contribution is 5.79. The summed E-state index contributed by atoms with van der Waals surface area (Å²) >= 11 is 0. The number of piperidine rings is 1. The zero-order valence-corrected chi connectivity index (χ0v) is 16.3. The molecule has 1 heterocycles. The van der Waals surface area contributed by atoms with Crippen LogP contribution in [0.2, 0.25) is 0 Å². The molecule has 1 saturated carbocycles. The fourth-order valence-electron chi connectivity index (χ4n) is 4.06. The molecule has 6 heteroatoms. The molecule has 1 amide bonds. The van der Waals surface area contributed by atoms with Gasteiger partial charge in [0.15, 0.2) is 0 Å². The summed E-state index contributed by atoms with van der Waals surface area (Å²) in [6, 6.07) is 7.62. The number of nitrogens with zero attached hydrogens (tertiary/aromatic N) is 1. The smallest absolute Gasteiger partial charge is 0.225 e. The van der Waals surface area contributed by atoms with Gasteiger partial charge in [-0.05, 0) is 62.3 Å². The maximum Gasteiger partial charge on any atom is 0.225 e. The highest BCUT2D eigenvalue weighted by Gasteiger charge is 2.36. The first-order chi connectivity index (χ1) is 13.1. The Morgan fingerprint density at radius 3 is 2.37 bits per heavy atom. The van der Waals surface area contributed by atoms with Gasteiger partial charge in [0.25, 0.3) is 0 Å². The van der Waals surface area contributed by atoms with Crippen molar-refractivity contribution >= 4 is 5.91 Å². The minimum Gasteiger partial charge on any atom is -0.497 e. The van der Waals surface area contributed by atoms with Crippen LogP contribution in [0.5, 0.6) is 11.5 Å². The summed E-state index contributed by atoms with van der Waals surface area (Å²) < 4.78 is 16.4. The second kappa shape index (κ2) is 9.42. The summed E-state index contributed by atoms with van der Waals surface area (Å²) in [5.41, 5.74) is 0. The number of amides is 1. The molecule has 1 aromatic rings. The predicted molar refractivity (Wildman–Crippen MR) is 102 cm³/mol. The van der Waals surface area contributed by atoms with Gasteiger partial charge in [0, 0.05) is 26.1 Å². The number of carbonyl (C=O) groups excluding carboxylic acids is 1. The Balaban J connectivity index is 1.42. The van der Waals surface area contributed by atoms with Crippen LogP contribution in [0.1, 0.15) is 32.1 Å². The van der Waals surface area contributed by atoms with Crippen molar-refractivity contribution < 1.29 is 24.1 Å². The molecule has 1 N–H and O–H groups in total. The molecule has 1 aliphatic carbocycles. The molecular weight excluding hydrogens is 346 g/mol. The van der Waals surface area contributed by atoms with Crippen molar-refractivity contribution in [3.8, 4) is 11.5 Å². The zero-order valence-electron chi connectivity index (χ0n) is 16.3. The summed E-state index contributed by atoms with van der Waals surface area (Å²) in [5, 5.41) is 9.93. The van der Waals surface area contributed by atoms with E-state index in [0.717, 1.165) is 43.9 Å². The van der Waals surface area contributed by atoms with E-state index in [1.54, 1.807) is 14.2 Å². The van der Waals surface area contributed by atoms with E-state index in [1.165, 1.54) is 0 Å². The minimum absolute atomic E-state index is 0.0227. The van der Waals surface area contributed by atoms with Gasteiger partial charge in [0.2, 0.25) is 5.91 Å². The number of ether oxygens (including phenoxy) is 3. The molecule has 3 rings (SSSR count). The molecular formula is C21H31NO5. The molecule has 2 aliphatic rings. The van der Waals surface area contributed by atoms with E-state index in [2.05, 4.69) is 0 Å². The lowest BCUT2D eigenvalue weighted by Crippen LogP contribution is -2.46. The van der Waals surface area contributed by atoms with E-state index in [4.69, 9.17) is 14.2 Å². The molecule has 3 atom stereocenters. The standard InChI is InChI=1S/C21H31NO5/c1-25-17-4-6-18(7-5-17)27-14-15-9-11-22(12-10-15)21(24)16-3-8-19(23)20(13-16)26-2/h4-7,15-16,19-20,23H,3,8-14H2,1-2H3. The summed E-state index contributed by atoms with van der Waals surface area (Å²) in [6.45, 7) is 2.24. The minimum atomic E-state index is -0.445. The van der Waals surface area contributed by atoms with E-state index in [1.807, 2.05) is 29.2 Å². The van der Waals surface area contributed by atoms with Gasteiger partial charge in [-0.25, -0.2) is 0 Å². The second-order valence-corrected chi connectivity index (χ2v) is 7.61. The summed E-state index contributed by atoms with van der Waals surface area (Å²) in [4.78, 5) is 14.8. The molecule has 6 nitrogen and oxygen atoms in total. The lowest BCUT2D eigenvalue weighted by Gasteiger charge is -2.37. The van der Waals surface area contributed by atoms with Gasteiger partial charge in [-0.15, -0.1) is 0 Å². The van der Waals surface area contributed by atoms with E-state index in [0.29, 0.717) is 25.4 Å². The van der Waals surface area contributed by atoms with Crippen LogP contribution >= 0.6 is 0 Å². The van der Waals surface area contributed by atoms with E-state index < -0.39 is 6.10 Å². The topological polar surface area (TPSA) is 68.2 Å². The molecule has 0 bridgehead atoms. The average Bonchev–Trinajstić information content (AvgIpc) is 2.73. The molecule has 27 heavy (non-hydrogen) atoms. The molecule has 2 fully saturated rings. The Morgan fingerprint density at radius 2 is 1.74 bits per heavy atom. The molecule has 1 aliphatic heterocycles. The highest BCUT2D eigenvalue weighted by atomic mass is 16.5.